The molecule has 0 bridgehead atoms. The lowest BCUT2D eigenvalue weighted by Gasteiger charge is -2.32. The summed E-state index contributed by atoms with van der Waals surface area (Å²) in [5.41, 5.74) is 8.10. The Labute approximate surface area is 479 Å². The largest absolute Gasteiger partial charge is 0.534 e. The lowest BCUT2D eigenvalue weighted by atomic mass is 9.72. The quantitative estimate of drug-likeness (QED) is 0.0802. The predicted octanol–water partition coefficient (Wildman–Crippen LogP) is 14.9. The molecule has 10 nitrogen and oxygen atoms in total. The molecule has 0 atom stereocenters. The summed E-state index contributed by atoms with van der Waals surface area (Å²) in [6, 6.07) is 38.9. The Bertz CT molecular complexity index is 3320. The summed E-state index contributed by atoms with van der Waals surface area (Å²) in [4.78, 5) is 0. The highest BCUT2D eigenvalue weighted by atomic mass is 79.9. The molecule has 0 saturated carbocycles. The first-order valence-electron chi connectivity index (χ1n) is 26.1. The van der Waals surface area contributed by atoms with Crippen molar-refractivity contribution in [1.82, 2.24) is 0 Å². The second-order valence-electron chi connectivity index (χ2n) is 22.2. The number of alkyl halides is 3. The first-order valence-corrected chi connectivity index (χ1v) is 28.3. The molecule has 0 aliphatic carbocycles. The number of phenols is 3. The van der Waals surface area contributed by atoms with Gasteiger partial charge in [-0.05, 0) is 219 Å². The molecule has 0 radical (unpaired) electrons. The maximum Gasteiger partial charge on any atom is 0.534 e. The van der Waals surface area contributed by atoms with Crippen LogP contribution in [0.5, 0.6) is 23.0 Å². The molecule has 2 heterocycles. The van der Waals surface area contributed by atoms with Gasteiger partial charge < -0.3 is 38.1 Å². The first kappa shape index (κ1) is 63.1. The Morgan fingerprint density at radius 3 is 1.09 bits per heavy atom. The summed E-state index contributed by atoms with van der Waals surface area (Å²) in [5.74, 6) is 0.561. The standard InChI is InChI=1S/C26H36B2O4.C16H15F3O3S.C14H14O2.C7H7BrO/c1-17-19(13-11-15-21(17)27-29-23(3,4)24(5,6)30-27)20-14-12-16-22(18(20)2)28-31-25(7,8)26(9,10)32-28;1-10-6-4-7-13(11(10)2)14-8-5-9-15(12(14)3)22-23(20,21)16(17,18)19;1-9-11(5-3-7-13(9)15)12-6-4-8-14(16)10(12)2;1-5-6(8)3-2-4-7(5)9/h11-16H,1-10H3;4-9H,1-3H3;3-8,15-16H,1-2H3;2-4,9H,1H3. The molecule has 17 heteroatoms. The van der Waals surface area contributed by atoms with Crippen LogP contribution in [0.4, 0.5) is 13.2 Å². The predicted molar refractivity (Wildman–Crippen MR) is 320 cm³/mol. The van der Waals surface area contributed by atoms with Crippen LogP contribution in [-0.2, 0) is 28.7 Å². The summed E-state index contributed by atoms with van der Waals surface area (Å²) in [6.45, 7) is 31.9. The van der Waals surface area contributed by atoms with Crippen molar-refractivity contribution in [3.8, 4) is 56.4 Å². The van der Waals surface area contributed by atoms with E-state index in [-0.39, 0.29) is 53.9 Å². The molecule has 9 rings (SSSR count). The molecule has 2 saturated heterocycles. The van der Waals surface area contributed by atoms with Crippen LogP contribution < -0.4 is 15.1 Å². The number of aromatic hydroxyl groups is 3. The van der Waals surface area contributed by atoms with Gasteiger partial charge in [0.05, 0.1) is 22.4 Å². The molecule has 0 spiro atoms. The van der Waals surface area contributed by atoms with Gasteiger partial charge in [-0.15, -0.1) is 0 Å². The molecule has 424 valence electrons. The number of rotatable bonds is 7. The van der Waals surface area contributed by atoms with Crippen LogP contribution >= 0.6 is 15.9 Å². The zero-order valence-corrected chi connectivity index (χ0v) is 50.8. The Kier molecular flexibility index (Phi) is 19.1. The topological polar surface area (TPSA) is 141 Å². The molecule has 80 heavy (non-hydrogen) atoms. The van der Waals surface area contributed by atoms with E-state index in [0.717, 1.165) is 59.9 Å². The van der Waals surface area contributed by atoms with Gasteiger partial charge in [-0.3, -0.25) is 0 Å². The third kappa shape index (κ3) is 13.5. The van der Waals surface area contributed by atoms with Crippen LogP contribution in [0.2, 0.25) is 0 Å². The fourth-order valence-corrected chi connectivity index (χ4v) is 9.84. The molecule has 7 aromatic rings. The molecule has 2 aliphatic rings. The van der Waals surface area contributed by atoms with Crippen LogP contribution in [0, 0.1) is 55.4 Å². The first-order chi connectivity index (χ1) is 37.0. The van der Waals surface area contributed by atoms with Gasteiger partial charge in [-0.1, -0.05) is 113 Å². The molecule has 0 unspecified atom stereocenters. The second kappa shape index (κ2) is 24.2. The van der Waals surface area contributed by atoms with E-state index >= 15 is 0 Å². The highest BCUT2D eigenvalue weighted by Gasteiger charge is 2.54. The Morgan fingerprint density at radius 2 is 0.725 bits per heavy atom. The minimum atomic E-state index is -5.69. The summed E-state index contributed by atoms with van der Waals surface area (Å²) in [5, 5.41) is 28.4. The molecule has 0 aromatic heterocycles. The molecule has 3 N–H and O–H groups in total. The van der Waals surface area contributed by atoms with Crippen molar-refractivity contribution in [1.29, 1.82) is 0 Å². The van der Waals surface area contributed by atoms with Crippen LogP contribution in [-0.4, -0.2) is 65.9 Å². The lowest BCUT2D eigenvalue weighted by Crippen LogP contribution is -2.41. The fraction of sp³-hybridized carbons (Fsp3) is 0.333. The normalized spacial score (nSPS) is 15.9. The van der Waals surface area contributed by atoms with Crippen molar-refractivity contribution in [2.75, 3.05) is 0 Å². The van der Waals surface area contributed by atoms with Gasteiger partial charge in [0, 0.05) is 15.6 Å². The van der Waals surface area contributed by atoms with E-state index in [4.69, 9.17) is 23.7 Å². The second-order valence-corrected chi connectivity index (χ2v) is 24.6. The van der Waals surface area contributed by atoms with Crippen molar-refractivity contribution in [3.63, 3.8) is 0 Å². The highest BCUT2D eigenvalue weighted by molar-refractivity contribution is 9.10. The maximum atomic E-state index is 12.5. The Morgan fingerprint density at radius 1 is 0.425 bits per heavy atom. The van der Waals surface area contributed by atoms with E-state index in [9.17, 15) is 31.8 Å². The number of halogens is 4. The third-order valence-corrected chi connectivity index (χ3v) is 17.7. The Balaban J connectivity index is 0.000000187. The molecule has 7 aromatic carbocycles. The smallest absolute Gasteiger partial charge is 0.508 e. The van der Waals surface area contributed by atoms with E-state index in [0.29, 0.717) is 16.9 Å². The van der Waals surface area contributed by atoms with Crippen molar-refractivity contribution >= 4 is 51.2 Å². The summed E-state index contributed by atoms with van der Waals surface area (Å²) >= 11 is 3.29. The molecule has 2 aliphatic heterocycles. The average molecular weight is 1180 g/mol. The highest BCUT2D eigenvalue weighted by Crippen LogP contribution is 2.41. The Hall–Kier alpha value is -6.07. The minimum absolute atomic E-state index is 0.278. The third-order valence-electron chi connectivity index (χ3n) is 15.9. The van der Waals surface area contributed by atoms with Crippen molar-refractivity contribution in [2.24, 2.45) is 0 Å². The molecule has 0 amide bonds. The zero-order chi connectivity index (χ0) is 59.7. The van der Waals surface area contributed by atoms with E-state index in [1.165, 1.54) is 41.3 Å². The number of benzene rings is 7. The van der Waals surface area contributed by atoms with Gasteiger partial charge in [0.1, 0.15) is 23.0 Å². The summed E-state index contributed by atoms with van der Waals surface area (Å²) in [7, 11) is -6.46. The fourth-order valence-electron chi connectivity index (χ4n) is 8.97. The van der Waals surface area contributed by atoms with Crippen LogP contribution in [0.3, 0.4) is 0 Å². The van der Waals surface area contributed by atoms with E-state index in [1.807, 2.05) is 71.0 Å². The van der Waals surface area contributed by atoms with Crippen LogP contribution in [0.1, 0.15) is 99.9 Å². The van der Waals surface area contributed by atoms with Crippen LogP contribution in [0.15, 0.2) is 132 Å². The van der Waals surface area contributed by atoms with E-state index in [1.54, 1.807) is 42.5 Å². The van der Waals surface area contributed by atoms with E-state index < -0.39 is 15.6 Å². The summed E-state index contributed by atoms with van der Waals surface area (Å²) in [6.07, 6.45) is 0. The van der Waals surface area contributed by atoms with E-state index in [2.05, 4.69) is 126 Å². The van der Waals surface area contributed by atoms with Gasteiger partial charge in [-0.2, -0.15) is 21.6 Å². The van der Waals surface area contributed by atoms with Crippen molar-refractivity contribution in [2.45, 2.75) is 139 Å². The lowest BCUT2D eigenvalue weighted by molar-refractivity contribution is -0.0500. The number of phenolic OH excluding ortho intramolecular Hbond substituents is 3. The SMILES string of the molecule is Cc1c(B2OC(C)(C)C(C)(C)O2)cccc1-c1cccc(B2OC(C)(C)C(C)(C)O2)c1C.Cc1c(O)cccc1-c1cccc(O)c1C.Cc1c(O)cccc1Br.Cc1cccc(-c2cccc(OS(=O)(=O)C(F)(F)F)c2C)c1C. The van der Waals surface area contributed by atoms with Crippen molar-refractivity contribution < 1.29 is 59.7 Å². The zero-order valence-electron chi connectivity index (χ0n) is 48.4. The van der Waals surface area contributed by atoms with Gasteiger partial charge in [0.15, 0.2) is 0 Å². The summed E-state index contributed by atoms with van der Waals surface area (Å²) < 4.78 is 90.4. The molecular formula is C63H72B2BrF3O10S. The average Bonchev–Trinajstić information content (AvgIpc) is 3.77. The minimum Gasteiger partial charge on any atom is -0.508 e. The van der Waals surface area contributed by atoms with Gasteiger partial charge in [-0.25, -0.2) is 0 Å². The molecule has 2 fully saturated rings. The molecular weight excluding hydrogens is 1110 g/mol. The number of hydrogen-bond acceptors (Lipinski definition) is 10. The van der Waals surface area contributed by atoms with Gasteiger partial charge in [0.25, 0.3) is 0 Å². The van der Waals surface area contributed by atoms with Gasteiger partial charge in [0.2, 0.25) is 0 Å². The van der Waals surface area contributed by atoms with Crippen LogP contribution in [0.25, 0.3) is 33.4 Å². The number of aryl methyl sites for hydroxylation is 1. The van der Waals surface area contributed by atoms with Crippen molar-refractivity contribution in [3.05, 3.63) is 176 Å². The maximum absolute atomic E-state index is 12.5. The number of hydrogen-bond donors (Lipinski definition) is 3. The monoisotopic (exact) mass is 1180 g/mol. The van der Waals surface area contributed by atoms with Gasteiger partial charge >= 0.3 is 29.9 Å².